The topological polar surface area (TPSA) is 76.1 Å². The summed E-state index contributed by atoms with van der Waals surface area (Å²) in [6.45, 7) is 1.62. The highest BCUT2D eigenvalue weighted by Gasteiger charge is 2.38. The molecular weight excluding hydrogens is 473 g/mol. The van der Waals surface area contributed by atoms with Crippen LogP contribution in [0, 0.1) is 5.82 Å². The molecular formula is C27H25ClFNO5. The molecule has 3 aromatic rings. The molecule has 1 heterocycles. The Morgan fingerprint density at radius 3 is 2.54 bits per heavy atom. The first-order valence-corrected chi connectivity index (χ1v) is 11.4. The number of hydrogen-bond acceptors (Lipinski definition) is 4. The lowest BCUT2D eigenvalue weighted by atomic mass is 9.91. The lowest BCUT2D eigenvalue weighted by molar-refractivity contribution is -0.137. The molecule has 0 saturated carbocycles. The molecule has 6 nitrogen and oxygen atoms in total. The van der Waals surface area contributed by atoms with Gasteiger partial charge in [0.25, 0.3) is 5.91 Å². The Labute approximate surface area is 207 Å². The number of carbonyl (C=O) groups excluding carboxylic acids is 1. The molecule has 1 aliphatic rings. The third kappa shape index (κ3) is 5.57. The lowest BCUT2D eigenvalue weighted by Gasteiger charge is -2.24. The Bertz CT molecular complexity index is 1270. The zero-order valence-corrected chi connectivity index (χ0v) is 20.1. The number of hydrogen-bond donors (Lipinski definition) is 1. The number of carboxylic acid groups (broad SMARTS) is 1. The van der Waals surface area contributed by atoms with E-state index in [1.807, 2.05) is 37.3 Å². The van der Waals surface area contributed by atoms with Gasteiger partial charge in [-0.15, -0.1) is 0 Å². The second-order valence-electron chi connectivity index (χ2n) is 8.86. The molecule has 1 amide bonds. The highest BCUT2D eigenvalue weighted by molar-refractivity contribution is 6.30. The number of ether oxygens (including phenoxy) is 2. The third-order valence-corrected chi connectivity index (χ3v) is 6.21. The monoisotopic (exact) mass is 497 g/mol. The van der Waals surface area contributed by atoms with Crippen LogP contribution in [0.25, 0.3) is 0 Å². The van der Waals surface area contributed by atoms with Crippen molar-refractivity contribution < 1.29 is 28.6 Å². The Kier molecular flexibility index (Phi) is 6.98. The molecule has 8 heteroatoms. The normalized spacial score (nSPS) is 16.3. The van der Waals surface area contributed by atoms with Crippen molar-refractivity contribution >= 4 is 23.5 Å². The molecule has 182 valence electrons. The molecule has 0 aliphatic carbocycles. The van der Waals surface area contributed by atoms with E-state index in [1.165, 1.54) is 24.1 Å². The summed E-state index contributed by atoms with van der Waals surface area (Å²) >= 11 is 5.80. The van der Waals surface area contributed by atoms with Crippen LogP contribution in [0.1, 0.15) is 34.0 Å². The minimum atomic E-state index is -1.10. The molecule has 0 radical (unpaired) electrons. The number of benzene rings is 3. The van der Waals surface area contributed by atoms with Crippen LogP contribution >= 0.6 is 11.6 Å². The van der Waals surface area contributed by atoms with E-state index in [0.29, 0.717) is 29.9 Å². The van der Waals surface area contributed by atoms with Crippen molar-refractivity contribution in [2.45, 2.75) is 31.9 Å². The van der Waals surface area contributed by atoms with Gasteiger partial charge >= 0.3 is 5.97 Å². The summed E-state index contributed by atoms with van der Waals surface area (Å²) in [6, 6.07) is 17.1. The fourth-order valence-electron chi connectivity index (χ4n) is 4.40. The predicted molar refractivity (Wildman–Crippen MR) is 130 cm³/mol. The van der Waals surface area contributed by atoms with Gasteiger partial charge < -0.3 is 19.5 Å². The number of amides is 1. The first-order valence-electron chi connectivity index (χ1n) is 11.1. The van der Waals surface area contributed by atoms with Crippen LogP contribution in [0.3, 0.4) is 0 Å². The molecule has 35 heavy (non-hydrogen) atoms. The second-order valence-corrected chi connectivity index (χ2v) is 9.27. The van der Waals surface area contributed by atoms with E-state index >= 15 is 0 Å². The second kappa shape index (κ2) is 9.96. The Morgan fingerprint density at radius 2 is 1.89 bits per heavy atom. The summed E-state index contributed by atoms with van der Waals surface area (Å²) in [5.41, 5.74) is 1.93. The Hall–Kier alpha value is -3.58. The van der Waals surface area contributed by atoms with Crippen LogP contribution in [-0.2, 0) is 24.2 Å². The smallest absolute Gasteiger partial charge is 0.323 e. The van der Waals surface area contributed by atoms with Crippen molar-refractivity contribution in [3.05, 3.63) is 93.8 Å². The summed E-state index contributed by atoms with van der Waals surface area (Å²) < 4.78 is 25.7. The van der Waals surface area contributed by atoms with Gasteiger partial charge in [0.05, 0.1) is 12.1 Å². The summed E-state index contributed by atoms with van der Waals surface area (Å²) in [7, 11) is 1.48. The maximum absolute atomic E-state index is 13.9. The van der Waals surface area contributed by atoms with Crippen molar-refractivity contribution in [1.82, 2.24) is 4.90 Å². The number of halogens is 2. The van der Waals surface area contributed by atoms with E-state index in [-0.39, 0.29) is 11.6 Å². The molecule has 0 saturated heterocycles. The SMILES string of the molecule is COc1cc(C(=O)N(CC(=O)O)Cc2ccccc2)cc2c1OC(C)(Cc1ccc(Cl)c(F)c1)C2. The standard InChI is InChI=1S/C27H25ClFNO5/c1-27(13-18-8-9-21(28)22(29)10-18)14-20-11-19(12-23(34-2)25(20)35-27)26(33)30(16-24(31)32)15-17-6-4-3-5-7-17/h3-12H,13-16H2,1-2H3,(H,31,32). The van der Waals surface area contributed by atoms with Gasteiger partial charge in [0.15, 0.2) is 11.5 Å². The zero-order valence-electron chi connectivity index (χ0n) is 19.4. The average molecular weight is 498 g/mol. The fraction of sp³-hybridized carbons (Fsp3) is 0.259. The van der Waals surface area contributed by atoms with Crippen molar-refractivity contribution in [3.63, 3.8) is 0 Å². The van der Waals surface area contributed by atoms with Crippen molar-refractivity contribution in [3.8, 4) is 11.5 Å². The number of rotatable bonds is 8. The number of carbonyl (C=O) groups is 2. The number of nitrogens with zero attached hydrogens (tertiary/aromatic N) is 1. The molecule has 0 spiro atoms. The summed E-state index contributed by atoms with van der Waals surface area (Å²) in [6.07, 6.45) is 0.878. The van der Waals surface area contributed by atoms with E-state index in [4.69, 9.17) is 21.1 Å². The van der Waals surface area contributed by atoms with Crippen LogP contribution in [-0.4, -0.2) is 41.1 Å². The van der Waals surface area contributed by atoms with E-state index in [9.17, 15) is 19.1 Å². The quantitative estimate of drug-likeness (QED) is 0.465. The van der Waals surface area contributed by atoms with Crippen LogP contribution in [0.4, 0.5) is 4.39 Å². The highest BCUT2D eigenvalue weighted by atomic mass is 35.5. The number of fused-ring (bicyclic) bond motifs is 1. The summed E-state index contributed by atoms with van der Waals surface area (Å²) in [5.74, 6) is -1.12. The average Bonchev–Trinajstić information content (AvgIpc) is 3.16. The van der Waals surface area contributed by atoms with E-state index in [2.05, 4.69) is 0 Å². The molecule has 4 rings (SSSR count). The van der Waals surface area contributed by atoms with Crippen molar-refractivity contribution in [1.29, 1.82) is 0 Å². The van der Waals surface area contributed by atoms with E-state index < -0.39 is 29.8 Å². The lowest BCUT2D eigenvalue weighted by Crippen LogP contribution is -2.35. The van der Waals surface area contributed by atoms with Crippen LogP contribution in [0.15, 0.2) is 60.7 Å². The number of carboxylic acids is 1. The molecule has 0 aromatic heterocycles. The minimum Gasteiger partial charge on any atom is -0.493 e. The van der Waals surface area contributed by atoms with Gasteiger partial charge in [-0.05, 0) is 42.3 Å². The molecule has 0 bridgehead atoms. The zero-order chi connectivity index (χ0) is 25.2. The van der Waals surface area contributed by atoms with Crippen LogP contribution < -0.4 is 9.47 Å². The van der Waals surface area contributed by atoms with Crippen LogP contribution in [0.5, 0.6) is 11.5 Å². The largest absolute Gasteiger partial charge is 0.493 e. The highest BCUT2D eigenvalue weighted by Crippen LogP contribution is 2.44. The van der Waals surface area contributed by atoms with Gasteiger partial charge in [-0.1, -0.05) is 48.0 Å². The predicted octanol–water partition coefficient (Wildman–Crippen LogP) is 5.15. The Balaban J connectivity index is 1.61. The van der Waals surface area contributed by atoms with Gasteiger partial charge in [0.1, 0.15) is 18.0 Å². The molecule has 1 unspecified atom stereocenters. The van der Waals surface area contributed by atoms with Crippen LogP contribution in [0.2, 0.25) is 5.02 Å². The van der Waals surface area contributed by atoms with Gasteiger partial charge in [0, 0.05) is 30.5 Å². The molecule has 3 aromatic carbocycles. The van der Waals surface area contributed by atoms with Crippen molar-refractivity contribution in [2.24, 2.45) is 0 Å². The molecule has 1 atom stereocenters. The molecule has 0 fully saturated rings. The van der Waals surface area contributed by atoms with E-state index in [0.717, 1.165) is 16.7 Å². The maximum atomic E-state index is 13.9. The molecule has 1 N–H and O–H groups in total. The van der Waals surface area contributed by atoms with Gasteiger partial charge in [0.2, 0.25) is 0 Å². The minimum absolute atomic E-state index is 0.0563. The number of methoxy groups -OCH3 is 1. The van der Waals surface area contributed by atoms with Gasteiger partial charge in [-0.2, -0.15) is 0 Å². The van der Waals surface area contributed by atoms with Gasteiger partial charge in [-0.25, -0.2) is 4.39 Å². The molecule has 1 aliphatic heterocycles. The summed E-state index contributed by atoms with van der Waals surface area (Å²) in [4.78, 5) is 26.1. The van der Waals surface area contributed by atoms with Gasteiger partial charge in [-0.3, -0.25) is 9.59 Å². The first kappa shape index (κ1) is 24.5. The van der Waals surface area contributed by atoms with E-state index in [1.54, 1.807) is 18.2 Å². The Morgan fingerprint density at radius 1 is 1.14 bits per heavy atom. The number of aliphatic carboxylic acids is 1. The fourth-order valence-corrected chi connectivity index (χ4v) is 4.51. The third-order valence-electron chi connectivity index (χ3n) is 5.90. The van der Waals surface area contributed by atoms with Crippen molar-refractivity contribution in [2.75, 3.05) is 13.7 Å². The maximum Gasteiger partial charge on any atom is 0.323 e. The first-order chi connectivity index (χ1) is 16.7. The summed E-state index contributed by atoms with van der Waals surface area (Å²) in [5, 5.41) is 9.44.